The smallest absolute Gasteiger partial charge is 0.320 e. The Kier molecular flexibility index (Phi) is 4.04. The number of thioether (sulfide) groups is 1. The maximum absolute atomic E-state index is 11.6. The Balaban J connectivity index is 1.96. The highest BCUT2D eigenvalue weighted by molar-refractivity contribution is 8.01. The van der Waals surface area contributed by atoms with Crippen molar-refractivity contribution in [1.29, 1.82) is 5.26 Å². The predicted octanol–water partition coefficient (Wildman–Crippen LogP) is 3.29. The quantitative estimate of drug-likeness (QED) is 0.927. The lowest BCUT2D eigenvalue weighted by molar-refractivity contribution is -0.142. The Hall–Kier alpha value is -2.06. The molecule has 0 spiro atoms. The molecule has 0 bridgehead atoms. The van der Waals surface area contributed by atoms with E-state index in [2.05, 4.69) is 11.1 Å². The van der Waals surface area contributed by atoms with Crippen LogP contribution in [0.25, 0.3) is 0 Å². The average molecular weight is 312 g/mol. The van der Waals surface area contributed by atoms with E-state index in [4.69, 9.17) is 5.26 Å². The number of carboxylic acids is 1. The SMILES string of the molecule is N#CC1=CCc2c(SC3(C(=O)O)CCC3)ccnc2CC=C1. The first-order valence-electron chi connectivity index (χ1n) is 7.30. The number of carboxylic acid groups (broad SMARTS) is 1. The van der Waals surface area contributed by atoms with Crippen molar-refractivity contribution in [2.45, 2.75) is 41.7 Å². The first-order valence-corrected chi connectivity index (χ1v) is 8.12. The molecule has 1 N–H and O–H groups in total. The van der Waals surface area contributed by atoms with E-state index < -0.39 is 10.7 Å². The number of hydrogen-bond acceptors (Lipinski definition) is 4. The fraction of sp³-hybridized carbons (Fsp3) is 0.353. The number of carbonyl (C=O) groups is 1. The zero-order valence-corrected chi connectivity index (χ0v) is 12.9. The first-order chi connectivity index (χ1) is 10.6. The number of fused-ring (bicyclic) bond motifs is 1. The standard InChI is InChI=1S/C17H16N2O2S/c18-11-12-3-1-4-14-13(6-5-12)15(7-10-19-14)22-17(16(20)21)8-2-9-17/h1,3,5,7,10H,2,4,6,8-9H2,(H,20,21). The summed E-state index contributed by atoms with van der Waals surface area (Å²) in [5.74, 6) is -0.728. The molecule has 5 heteroatoms. The maximum atomic E-state index is 11.6. The minimum absolute atomic E-state index is 0.619. The van der Waals surface area contributed by atoms with Crippen LogP contribution in [-0.2, 0) is 17.6 Å². The van der Waals surface area contributed by atoms with Gasteiger partial charge in [-0.15, -0.1) is 11.8 Å². The third kappa shape index (κ3) is 2.67. The molecule has 3 rings (SSSR count). The van der Waals surface area contributed by atoms with Crippen molar-refractivity contribution < 1.29 is 9.90 Å². The molecule has 1 heterocycles. The van der Waals surface area contributed by atoms with Gasteiger partial charge in [0.1, 0.15) is 4.75 Å². The van der Waals surface area contributed by atoms with Crippen LogP contribution in [-0.4, -0.2) is 20.8 Å². The molecule has 22 heavy (non-hydrogen) atoms. The summed E-state index contributed by atoms with van der Waals surface area (Å²) in [5.41, 5.74) is 2.66. The Bertz CT molecular complexity index is 712. The van der Waals surface area contributed by atoms with Gasteiger partial charge in [0.15, 0.2) is 0 Å². The van der Waals surface area contributed by atoms with E-state index in [9.17, 15) is 9.90 Å². The molecule has 0 aliphatic heterocycles. The van der Waals surface area contributed by atoms with Crippen LogP contribution in [0.4, 0.5) is 0 Å². The summed E-state index contributed by atoms with van der Waals surface area (Å²) in [7, 11) is 0. The molecule has 0 atom stereocenters. The second kappa shape index (κ2) is 5.98. The summed E-state index contributed by atoms with van der Waals surface area (Å²) >= 11 is 1.45. The van der Waals surface area contributed by atoms with Gasteiger partial charge in [0.2, 0.25) is 0 Å². The number of aliphatic carboxylic acids is 1. The molecule has 1 saturated carbocycles. The fourth-order valence-corrected chi connectivity index (χ4v) is 4.19. The van der Waals surface area contributed by atoms with Crippen molar-refractivity contribution in [3.63, 3.8) is 0 Å². The van der Waals surface area contributed by atoms with Gasteiger partial charge in [0, 0.05) is 28.8 Å². The van der Waals surface area contributed by atoms with Gasteiger partial charge in [-0.2, -0.15) is 5.26 Å². The molecule has 0 amide bonds. The summed E-state index contributed by atoms with van der Waals surface area (Å²) in [4.78, 5) is 17.0. The number of allylic oxidation sites excluding steroid dienone is 4. The highest BCUT2D eigenvalue weighted by Gasteiger charge is 2.45. The van der Waals surface area contributed by atoms with Crippen LogP contribution in [0.2, 0.25) is 0 Å². The van der Waals surface area contributed by atoms with Crippen LogP contribution in [0.15, 0.2) is 41.0 Å². The van der Waals surface area contributed by atoms with Gasteiger partial charge in [0.05, 0.1) is 6.07 Å². The van der Waals surface area contributed by atoms with Crippen LogP contribution in [0.3, 0.4) is 0 Å². The van der Waals surface area contributed by atoms with Crippen LogP contribution in [0, 0.1) is 11.3 Å². The zero-order valence-electron chi connectivity index (χ0n) is 12.1. The van der Waals surface area contributed by atoms with Gasteiger partial charge in [0.25, 0.3) is 0 Å². The van der Waals surface area contributed by atoms with Crippen molar-refractivity contribution in [2.24, 2.45) is 0 Å². The van der Waals surface area contributed by atoms with E-state index in [0.29, 0.717) is 31.3 Å². The molecule has 1 aromatic rings. The summed E-state index contributed by atoms with van der Waals surface area (Å²) in [6.07, 6.45) is 11.1. The highest BCUT2D eigenvalue weighted by atomic mass is 32.2. The van der Waals surface area contributed by atoms with Gasteiger partial charge in [-0.3, -0.25) is 9.78 Å². The van der Waals surface area contributed by atoms with Crippen LogP contribution in [0.5, 0.6) is 0 Å². The third-order valence-corrected chi connectivity index (χ3v) is 5.80. The van der Waals surface area contributed by atoms with Gasteiger partial charge >= 0.3 is 5.97 Å². The number of aromatic nitrogens is 1. The third-order valence-electron chi connectivity index (χ3n) is 4.22. The molecular formula is C17H16N2O2S. The maximum Gasteiger partial charge on any atom is 0.320 e. The zero-order chi connectivity index (χ0) is 15.6. The van der Waals surface area contributed by atoms with Crippen molar-refractivity contribution in [2.75, 3.05) is 0 Å². The molecule has 0 aromatic carbocycles. The van der Waals surface area contributed by atoms with Gasteiger partial charge in [-0.05, 0) is 43.4 Å². The number of nitrogens with zero attached hydrogens (tertiary/aromatic N) is 2. The number of pyridine rings is 1. The molecule has 0 saturated heterocycles. The number of rotatable bonds is 3. The molecule has 0 radical (unpaired) electrons. The lowest BCUT2D eigenvalue weighted by atomic mass is 9.84. The molecule has 112 valence electrons. The molecule has 2 aliphatic rings. The summed E-state index contributed by atoms with van der Waals surface area (Å²) in [6.45, 7) is 0. The minimum atomic E-state index is -0.728. The summed E-state index contributed by atoms with van der Waals surface area (Å²) in [5, 5.41) is 18.6. The van der Waals surface area contributed by atoms with E-state index in [1.165, 1.54) is 11.8 Å². The van der Waals surface area contributed by atoms with Crippen LogP contribution < -0.4 is 0 Å². The Morgan fingerprint density at radius 3 is 2.86 bits per heavy atom. The fourth-order valence-electron chi connectivity index (χ4n) is 2.73. The lowest BCUT2D eigenvalue weighted by Crippen LogP contribution is -2.41. The number of hydrogen-bond donors (Lipinski definition) is 1. The predicted molar refractivity (Wildman–Crippen MR) is 84.6 cm³/mol. The Labute approximate surface area is 133 Å². The van der Waals surface area contributed by atoms with E-state index in [1.54, 1.807) is 6.20 Å². The van der Waals surface area contributed by atoms with Crippen molar-refractivity contribution in [3.8, 4) is 6.07 Å². The molecule has 1 aromatic heterocycles. The minimum Gasteiger partial charge on any atom is -0.480 e. The average Bonchev–Trinajstić information content (AvgIpc) is 2.43. The monoisotopic (exact) mass is 312 g/mol. The van der Waals surface area contributed by atoms with E-state index in [1.807, 2.05) is 24.3 Å². The highest BCUT2D eigenvalue weighted by Crippen LogP contribution is 2.49. The second-order valence-electron chi connectivity index (χ2n) is 5.57. The van der Waals surface area contributed by atoms with Crippen molar-refractivity contribution in [1.82, 2.24) is 4.98 Å². The van der Waals surface area contributed by atoms with E-state index in [-0.39, 0.29) is 0 Å². The summed E-state index contributed by atoms with van der Waals surface area (Å²) < 4.78 is -0.685. The first kappa shape index (κ1) is 14.9. The van der Waals surface area contributed by atoms with Crippen LogP contribution in [0.1, 0.15) is 30.5 Å². The van der Waals surface area contributed by atoms with E-state index >= 15 is 0 Å². The largest absolute Gasteiger partial charge is 0.480 e. The topological polar surface area (TPSA) is 74.0 Å². The summed E-state index contributed by atoms with van der Waals surface area (Å²) in [6, 6.07) is 4.06. The molecule has 2 aliphatic carbocycles. The van der Waals surface area contributed by atoms with Crippen molar-refractivity contribution in [3.05, 3.63) is 47.3 Å². The number of nitriles is 1. The molecular weight excluding hydrogens is 296 g/mol. The van der Waals surface area contributed by atoms with Crippen LogP contribution >= 0.6 is 11.8 Å². The van der Waals surface area contributed by atoms with Gasteiger partial charge < -0.3 is 5.11 Å². The second-order valence-corrected chi connectivity index (χ2v) is 7.00. The molecule has 4 nitrogen and oxygen atoms in total. The normalized spacial score (nSPS) is 19.0. The van der Waals surface area contributed by atoms with Gasteiger partial charge in [-0.25, -0.2) is 0 Å². The lowest BCUT2D eigenvalue weighted by Gasteiger charge is -2.37. The Morgan fingerprint density at radius 1 is 1.41 bits per heavy atom. The van der Waals surface area contributed by atoms with E-state index in [0.717, 1.165) is 22.6 Å². The Morgan fingerprint density at radius 2 is 2.23 bits per heavy atom. The molecule has 0 unspecified atom stereocenters. The van der Waals surface area contributed by atoms with Crippen molar-refractivity contribution >= 4 is 17.7 Å². The van der Waals surface area contributed by atoms with Gasteiger partial charge in [-0.1, -0.05) is 12.2 Å². The molecule has 1 fully saturated rings.